The molecule has 4 rings (SSSR count). The van der Waals surface area contributed by atoms with E-state index in [0.29, 0.717) is 23.4 Å². The summed E-state index contributed by atoms with van der Waals surface area (Å²) >= 11 is 0. The number of aromatic carboxylic acids is 1. The molecule has 166 valence electrons. The lowest BCUT2D eigenvalue weighted by atomic mass is 10.1. The molecule has 2 aromatic carbocycles. The molecule has 0 amide bonds. The zero-order valence-electron chi connectivity index (χ0n) is 18.8. The molecule has 7 heteroatoms. The molecular formula is C25H29N5O2. The number of nitrogen functional groups attached to an aromatic ring is 1. The number of hydrogen-bond donors (Lipinski definition) is 2. The van der Waals surface area contributed by atoms with Crippen molar-refractivity contribution in [1.29, 1.82) is 0 Å². The van der Waals surface area contributed by atoms with E-state index in [1.54, 1.807) is 12.1 Å². The number of nitrogens with zero attached hydrogens (tertiary/aromatic N) is 4. The molecule has 2 heterocycles. The Morgan fingerprint density at radius 1 is 1.09 bits per heavy atom. The van der Waals surface area contributed by atoms with E-state index >= 15 is 0 Å². The lowest BCUT2D eigenvalue weighted by Crippen LogP contribution is -2.11. The number of carbonyl (C=O) groups is 1. The molecule has 0 atom stereocenters. The van der Waals surface area contributed by atoms with Crippen LogP contribution in [0, 0.1) is 0 Å². The minimum atomic E-state index is -0.984. The standard InChI is InChI=1S/C25H29N5O2/c1-4-5-6-21-28-22-23(19-12-11-18(25(31)32)13-20(19)27-24(22)26)30(21)15-17-9-7-16(8-10-17)14-29(2)3/h7-13H,4-6,14-15H2,1-3H3,(H2,26,27)(H,31,32). The van der Waals surface area contributed by atoms with Gasteiger partial charge in [0.1, 0.15) is 11.3 Å². The highest BCUT2D eigenvalue weighted by atomic mass is 16.4. The summed E-state index contributed by atoms with van der Waals surface area (Å²) in [6.07, 6.45) is 2.94. The maximum Gasteiger partial charge on any atom is 0.335 e. The molecule has 0 fully saturated rings. The Labute approximate surface area is 187 Å². The summed E-state index contributed by atoms with van der Waals surface area (Å²) in [6.45, 7) is 3.72. The van der Waals surface area contributed by atoms with Crippen molar-refractivity contribution in [2.45, 2.75) is 39.3 Å². The molecule has 7 nitrogen and oxygen atoms in total. The summed E-state index contributed by atoms with van der Waals surface area (Å²) in [5, 5.41) is 10.2. The van der Waals surface area contributed by atoms with Crippen LogP contribution in [0.15, 0.2) is 42.5 Å². The molecule has 0 spiro atoms. The van der Waals surface area contributed by atoms with Gasteiger partial charge in [-0.3, -0.25) is 0 Å². The van der Waals surface area contributed by atoms with Gasteiger partial charge in [0.25, 0.3) is 0 Å². The first kappa shape index (κ1) is 21.8. The van der Waals surface area contributed by atoms with E-state index in [-0.39, 0.29) is 5.56 Å². The van der Waals surface area contributed by atoms with Crippen molar-refractivity contribution in [2.75, 3.05) is 19.8 Å². The molecule has 0 bridgehead atoms. The molecule has 0 saturated heterocycles. The van der Waals surface area contributed by atoms with Gasteiger partial charge in [0.05, 0.1) is 16.6 Å². The number of benzene rings is 2. The van der Waals surface area contributed by atoms with Crippen molar-refractivity contribution in [2.24, 2.45) is 0 Å². The molecule has 0 saturated carbocycles. The average Bonchev–Trinajstić information content (AvgIpc) is 3.12. The zero-order chi connectivity index (χ0) is 22.8. The smallest absolute Gasteiger partial charge is 0.335 e. The second kappa shape index (κ2) is 8.96. The maximum atomic E-state index is 11.4. The zero-order valence-corrected chi connectivity index (χ0v) is 18.8. The van der Waals surface area contributed by atoms with Crippen molar-refractivity contribution in [3.05, 3.63) is 65.0 Å². The summed E-state index contributed by atoms with van der Waals surface area (Å²) in [7, 11) is 4.12. The number of fused-ring (bicyclic) bond motifs is 3. The van der Waals surface area contributed by atoms with Gasteiger partial charge in [0.15, 0.2) is 5.82 Å². The highest BCUT2D eigenvalue weighted by molar-refractivity contribution is 6.08. The Morgan fingerprint density at radius 3 is 2.47 bits per heavy atom. The van der Waals surface area contributed by atoms with Crippen molar-refractivity contribution >= 4 is 33.7 Å². The Kier molecular flexibility index (Phi) is 6.10. The van der Waals surface area contributed by atoms with E-state index < -0.39 is 5.97 Å². The largest absolute Gasteiger partial charge is 0.478 e. The number of anilines is 1. The molecule has 0 aliphatic carbocycles. The Bertz CT molecular complexity index is 1280. The normalized spacial score (nSPS) is 11.6. The minimum Gasteiger partial charge on any atom is -0.478 e. The van der Waals surface area contributed by atoms with Gasteiger partial charge in [0.2, 0.25) is 0 Å². The van der Waals surface area contributed by atoms with Crippen LogP contribution >= 0.6 is 0 Å². The van der Waals surface area contributed by atoms with E-state index in [4.69, 9.17) is 10.7 Å². The summed E-state index contributed by atoms with van der Waals surface area (Å²) in [5.74, 6) is 0.317. The first-order valence-electron chi connectivity index (χ1n) is 10.9. The predicted octanol–water partition coefficient (Wildman–Crippen LogP) is 4.32. The lowest BCUT2D eigenvalue weighted by Gasteiger charge is -2.13. The van der Waals surface area contributed by atoms with Gasteiger partial charge in [-0.1, -0.05) is 37.6 Å². The summed E-state index contributed by atoms with van der Waals surface area (Å²) in [6, 6.07) is 13.6. The van der Waals surface area contributed by atoms with Crippen LogP contribution in [0.25, 0.3) is 21.9 Å². The predicted molar refractivity (Wildman–Crippen MR) is 128 cm³/mol. The van der Waals surface area contributed by atoms with Crippen LogP contribution in [0.4, 0.5) is 5.82 Å². The topological polar surface area (TPSA) is 97.3 Å². The van der Waals surface area contributed by atoms with Crippen LogP contribution in [-0.2, 0) is 19.5 Å². The molecule has 32 heavy (non-hydrogen) atoms. The van der Waals surface area contributed by atoms with Gasteiger partial charge in [-0.05, 0) is 49.8 Å². The molecule has 2 aromatic heterocycles. The summed E-state index contributed by atoms with van der Waals surface area (Å²) in [5.41, 5.74) is 11.1. The third-order valence-electron chi connectivity index (χ3n) is 5.65. The highest BCUT2D eigenvalue weighted by Crippen LogP contribution is 2.30. The van der Waals surface area contributed by atoms with Crippen molar-refractivity contribution in [1.82, 2.24) is 19.4 Å². The number of aromatic nitrogens is 3. The number of carboxylic acids is 1. The Morgan fingerprint density at radius 2 is 1.81 bits per heavy atom. The van der Waals surface area contributed by atoms with Crippen LogP contribution in [0.5, 0.6) is 0 Å². The van der Waals surface area contributed by atoms with Gasteiger partial charge in [-0.25, -0.2) is 14.8 Å². The number of imidazole rings is 1. The van der Waals surface area contributed by atoms with E-state index in [1.807, 2.05) is 6.07 Å². The van der Waals surface area contributed by atoms with Crippen LogP contribution in [0.3, 0.4) is 0 Å². The van der Waals surface area contributed by atoms with E-state index in [0.717, 1.165) is 42.5 Å². The number of unbranched alkanes of at least 4 members (excludes halogenated alkanes) is 1. The number of aryl methyl sites for hydroxylation is 1. The SMILES string of the molecule is CCCCc1nc2c(N)nc3cc(C(=O)O)ccc3c2n1Cc1ccc(CN(C)C)cc1. The van der Waals surface area contributed by atoms with Gasteiger partial charge in [0, 0.05) is 24.9 Å². The fraction of sp³-hybridized carbons (Fsp3) is 0.320. The number of hydrogen-bond acceptors (Lipinski definition) is 5. The van der Waals surface area contributed by atoms with Gasteiger partial charge in [-0.2, -0.15) is 0 Å². The highest BCUT2D eigenvalue weighted by Gasteiger charge is 2.18. The minimum absolute atomic E-state index is 0.192. The van der Waals surface area contributed by atoms with E-state index in [1.165, 1.54) is 11.1 Å². The van der Waals surface area contributed by atoms with E-state index in [9.17, 15) is 9.90 Å². The fourth-order valence-corrected chi connectivity index (χ4v) is 4.08. The first-order chi connectivity index (χ1) is 15.4. The molecule has 4 aromatic rings. The van der Waals surface area contributed by atoms with E-state index in [2.05, 4.69) is 59.7 Å². The second-order valence-corrected chi connectivity index (χ2v) is 8.50. The van der Waals surface area contributed by atoms with Crippen molar-refractivity contribution in [3.8, 4) is 0 Å². The molecule has 0 radical (unpaired) electrons. The lowest BCUT2D eigenvalue weighted by molar-refractivity contribution is 0.0697. The maximum absolute atomic E-state index is 11.4. The molecular weight excluding hydrogens is 402 g/mol. The van der Waals surface area contributed by atoms with Crippen LogP contribution in [0.1, 0.15) is 47.1 Å². The number of nitrogens with two attached hydrogens (primary N) is 1. The Hall–Kier alpha value is -3.45. The summed E-state index contributed by atoms with van der Waals surface area (Å²) < 4.78 is 2.22. The second-order valence-electron chi connectivity index (χ2n) is 8.50. The number of pyridine rings is 1. The number of carboxylic acid groups (broad SMARTS) is 1. The third-order valence-corrected chi connectivity index (χ3v) is 5.65. The Balaban J connectivity index is 1.86. The van der Waals surface area contributed by atoms with Gasteiger partial charge >= 0.3 is 5.97 Å². The summed E-state index contributed by atoms with van der Waals surface area (Å²) in [4.78, 5) is 22.9. The fourth-order valence-electron chi connectivity index (χ4n) is 4.08. The quantitative estimate of drug-likeness (QED) is 0.431. The van der Waals surface area contributed by atoms with Gasteiger partial charge < -0.3 is 20.3 Å². The van der Waals surface area contributed by atoms with Crippen LogP contribution in [-0.4, -0.2) is 44.6 Å². The molecule has 0 aliphatic heterocycles. The van der Waals surface area contributed by atoms with Crippen LogP contribution in [0.2, 0.25) is 0 Å². The monoisotopic (exact) mass is 431 g/mol. The molecule has 0 unspecified atom stereocenters. The number of rotatable bonds is 8. The van der Waals surface area contributed by atoms with Crippen molar-refractivity contribution < 1.29 is 9.90 Å². The van der Waals surface area contributed by atoms with Crippen LogP contribution < -0.4 is 5.73 Å². The van der Waals surface area contributed by atoms with Gasteiger partial charge in [-0.15, -0.1) is 0 Å². The van der Waals surface area contributed by atoms with Crippen molar-refractivity contribution in [3.63, 3.8) is 0 Å². The average molecular weight is 432 g/mol. The third kappa shape index (κ3) is 4.29. The molecule has 0 aliphatic rings. The first-order valence-corrected chi connectivity index (χ1v) is 10.9. The molecule has 3 N–H and O–H groups in total.